The molecule has 0 fully saturated rings. The summed E-state index contributed by atoms with van der Waals surface area (Å²) in [6, 6.07) is 1.81. The van der Waals surface area contributed by atoms with E-state index in [4.69, 9.17) is 10.5 Å². The molecule has 18 heavy (non-hydrogen) atoms. The van der Waals surface area contributed by atoms with Gasteiger partial charge >= 0.3 is 0 Å². The highest BCUT2D eigenvalue weighted by Crippen LogP contribution is 2.14. The SMILES string of the molecule is CCCCCN(C)c1cc(N)nc(COCC)n1. The summed E-state index contributed by atoms with van der Waals surface area (Å²) in [7, 11) is 2.03. The van der Waals surface area contributed by atoms with Crippen LogP contribution in [0.1, 0.15) is 38.9 Å². The maximum absolute atomic E-state index is 5.79. The van der Waals surface area contributed by atoms with Crippen molar-refractivity contribution < 1.29 is 4.74 Å². The van der Waals surface area contributed by atoms with Gasteiger partial charge in [-0.1, -0.05) is 19.8 Å². The van der Waals surface area contributed by atoms with Crippen molar-refractivity contribution >= 4 is 11.6 Å². The topological polar surface area (TPSA) is 64.3 Å². The first-order chi connectivity index (χ1) is 8.67. The lowest BCUT2D eigenvalue weighted by molar-refractivity contribution is 0.128. The first-order valence-electron chi connectivity index (χ1n) is 6.59. The Morgan fingerprint density at radius 1 is 1.28 bits per heavy atom. The molecule has 1 aromatic rings. The molecule has 0 aliphatic carbocycles. The fourth-order valence-electron chi connectivity index (χ4n) is 1.67. The fourth-order valence-corrected chi connectivity index (χ4v) is 1.67. The van der Waals surface area contributed by atoms with Crippen molar-refractivity contribution in [3.05, 3.63) is 11.9 Å². The fraction of sp³-hybridized carbons (Fsp3) is 0.692. The molecule has 5 nitrogen and oxygen atoms in total. The van der Waals surface area contributed by atoms with Crippen LogP contribution >= 0.6 is 0 Å². The average molecular weight is 252 g/mol. The summed E-state index contributed by atoms with van der Waals surface area (Å²) in [4.78, 5) is 10.7. The number of unbranched alkanes of at least 4 members (excludes halogenated alkanes) is 2. The molecule has 0 amide bonds. The van der Waals surface area contributed by atoms with Gasteiger partial charge in [0.1, 0.15) is 18.2 Å². The Morgan fingerprint density at radius 3 is 2.72 bits per heavy atom. The molecule has 1 rings (SSSR count). The average Bonchev–Trinajstić information content (AvgIpc) is 2.36. The summed E-state index contributed by atoms with van der Waals surface area (Å²) in [6.07, 6.45) is 3.61. The van der Waals surface area contributed by atoms with Gasteiger partial charge in [-0.3, -0.25) is 0 Å². The van der Waals surface area contributed by atoms with Crippen molar-refractivity contribution in [3.8, 4) is 0 Å². The van der Waals surface area contributed by atoms with Crippen LogP contribution in [0, 0.1) is 0 Å². The first-order valence-corrected chi connectivity index (χ1v) is 6.59. The Bertz CT molecular complexity index is 357. The summed E-state index contributed by atoms with van der Waals surface area (Å²) in [5.74, 6) is 2.01. The van der Waals surface area contributed by atoms with E-state index in [-0.39, 0.29) is 0 Å². The van der Waals surface area contributed by atoms with Gasteiger partial charge in [-0.2, -0.15) is 0 Å². The molecule has 0 saturated carbocycles. The van der Waals surface area contributed by atoms with Crippen LogP contribution < -0.4 is 10.6 Å². The number of nitrogen functional groups attached to an aromatic ring is 1. The number of aromatic nitrogens is 2. The molecule has 1 aromatic heterocycles. The first kappa shape index (κ1) is 14.7. The van der Waals surface area contributed by atoms with Gasteiger partial charge in [-0.15, -0.1) is 0 Å². The maximum atomic E-state index is 5.79. The van der Waals surface area contributed by atoms with Crippen molar-refractivity contribution in [2.24, 2.45) is 0 Å². The maximum Gasteiger partial charge on any atom is 0.158 e. The van der Waals surface area contributed by atoms with Crippen LogP contribution in [0.25, 0.3) is 0 Å². The Labute approximate surface area is 109 Å². The molecule has 2 N–H and O–H groups in total. The van der Waals surface area contributed by atoms with E-state index in [0.29, 0.717) is 24.9 Å². The van der Waals surface area contributed by atoms with Gasteiger partial charge < -0.3 is 15.4 Å². The molecule has 0 spiro atoms. The van der Waals surface area contributed by atoms with Crippen LogP contribution in [0.2, 0.25) is 0 Å². The van der Waals surface area contributed by atoms with Crippen LogP contribution in [-0.2, 0) is 11.3 Å². The lowest BCUT2D eigenvalue weighted by Gasteiger charge is -2.18. The third-order valence-corrected chi connectivity index (χ3v) is 2.70. The minimum atomic E-state index is 0.414. The van der Waals surface area contributed by atoms with Crippen LogP contribution in [-0.4, -0.2) is 30.2 Å². The van der Waals surface area contributed by atoms with Gasteiger partial charge in [0.2, 0.25) is 0 Å². The zero-order valence-corrected chi connectivity index (χ0v) is 11.6. The minimum Gasteiger partial charge on any atom is -0.384 e. The summed E-state index contributed by atoms with van der Waals surface area (Å²) in [6.45, 7) is 6.20. The van der Waals surface area contributed by atoms with Crippen molar-refractivity contribution in [2.75, 3.05) is 30.8 Å². The van der Waals surface area contributed by atoms with Crippen LogP contribution in [0.4, 0.5) is 11.6 Å². The highest BCUT2D eigenvalue weighted by molar-refractivity contribution is 5.46. The van der Waals surface area contributed by atoms with E-state index in [0.717, 1.165) is 18.8 Å². The molecular formula is C13H24N4O. The number of rotatable bonds is 8. The van der Waals surface area contributed by atoms with E-state index in [1.54, 1.807) is 6.07 Å². The van der Waals surface area contributed by atoms with Gasteiger partial charge in [-0.25, -0.2) is 9.97 Å². The molecular weight excluding hydrogens is 228 g/mol. The molecule has 0 aromatic carbocycles. The summed E-state index contributed by atoms with van der Waals surface area (Å²) in [5.41, 5.74) is 5.79. The van der Waals surface area contributed by atoms with Crippen LogP contribution in [0.15, 0.2) is 6.07 Å². The minimum absolute atomic E-state index is 0.414. The smallest absolute Gasteiger partial charge is 0.158 e. The second-order valence-electron chi connectivity index (χ2n) is 4.33. The third-order valence-electron chi connectivity index (χ3n) is 2.70. The lowest BCUT2D eigenvalue weighted by Crippen LogP contribution is -2.21. The molecule has 1 heterocycles. The second kappa shape index (κ2) is 7.87. The summed E-state index contributed by atoms with van der Waals surface area (Å²) < 4.78 is 5.31. The quantitative estimate of drug-likeness (QED) is 0.719. The predicted molar refractivity (Wildman–Crippen MR) is 74.6 cm³/mol. The standard InChI is InChI=1S/C13H24N4O/c1-4-6-7-8-17(3)13-9-11(14)15-12(16-13)10-18-5-2/h9H,4-8,10H2,1-3H3,(H2,14,15,16). The third kappa shape index (κ3) is 4.87. The molecule has 0 aliphatic heterocycles. The van der Waals surface area contributed by atoms with Gasteiger partial charge in [0.05, 0.1) is 0 Å². The normalized spacial score (nSPS) is 10.6. The number of hydrogen-bond acceptors (Lipinski definition) is 5. The van der Waals surface area contributed by atoms with Crippen molar-refractivity contribution in [2.45, 2.75) is 39.7 Å². The largest absolute Gasteiger partial charge is 0.384 e. The second-order valence-corrected chi connectivity index (χ2v) is 4.33. The predicted octanol–water partition coefficient (Wildman–Crippen LogP) is 2.22. The number of ether oxygens (including phenoxy) is 1. The van der Waals surface area contributed by atoms with Gasteiger partial charge in [0, 0.05) is 26.3 Å². The molecule has 0 atom stereocenters. The summed E-state index contributed by atoms with van der Waals surface area (Å²) >= 11 is 0. The Kier molecular flexibility index (Phi) is 6.43. The Morgan fingerprint density at radius 2 is 2.06 bits per heavy atom. The van der Waals surface area contributed by atoms with E-state index in [1.807, 2.05) is 14.0 Å². The highest BCUT2D eigenvalue weighted by atomic mass is 16.5. The zero-order chi connectivity index (χ0) is 13.4. The van der Waals surface area contributed by atoms with E-state index in [1.165, 1.54) is 12.8 Å². The van der Waals surface area contributed by atoms with Gasteiger partial charge in [0.15, 0.2) is 5.82 Å². The van der Waals surface area contributed by atoms with E-state index in [2.05, 4.69) is 21.8 Å². The van der Waals surface area contributed by atoms with Gasteiger partial charge in [-0.05, 0) is 13.3 Å². The molecule has 0 saturated heterocycles. The number of nitrogens with two attached hydrogens (primary N) is 1. The van der Waals surface area contributed by atoms with E-state index >= 15 is 0 Å². The highest BCUT2D eigenvalue weighted by Gasteiger charge is 2.07. The lowest BCUT2D eigenvalue weighted by atomic mass is 10.2. The Hall–Kier alpha value is -1.36. The monoisotopic (exact) mass is 252 g/mol. The molecule has 5 heteroatoms. The number of hydrogen-bond donors (Lipinski definition) is 1. The van der Waals surface area contributed by atoms with Crippen molar-refractivity contribution in [1.29, 1.82) is 0 Å². The zero-order valence-electron chi connectivity index (χ0n) is 11.6. The molecule has 0 bridgehead atoms. The molecule has 0 unspecified atom stereocenters. The van der Waals surface area contributed by atoms with Crippen LogP contribution in [0.3, 0.4) is 0 Å². The van der Waals surface area contributed by atoms with Crippen LogP contribution in [0.5, 0.6) is 0 Å². The molecule has 0 radical (unpaired) electrons. The van der Waals surface area contributed by atoms with Gasteiger partial charge in [0.25, 0.3) is 0 Å². The molecule has 102 valence electrons. The van der Waals surface area contributed by atoms with E-state index in [9.17, 15) is 0 Å². The molecule has 0 aliphatic rings. The van der Waals surface area contributed by atoms with E-state index < -0.39 is 0 Å². The number of nitrogens with zero attached hydrogens (tertiary/aromatic N) is 3. The Balaban J connectivity index is 2.65. The van der Waals surface area contributed by atoms with Crippen molar-refractivity contribution in [1.82, 2.24) is 9.97 Å². The summed E-state index contributed by atoms with van der Waals surface area (Å²) in [5, 5.41) is 0. The number of anilines is 2. The van der Waals surface area contributed by atoms with Crippen molar-refractivity contribution in [3.63, 3.8) is 0 Å².